The molecule has 8 nitrogen and oxygen atoms in total. The Balaban J connectivity index is 1.61. The molecule has 0 aliphatic carbocycles. The number of fused-ring (bicyclic) bond motifs is 2. The topological polar surface area (TPSA) is 96.4 Å². The van der Waals surface area contributed by atoms with E-state index in [1.54, 1.807) is 54.3 Å². The van der Waals surface area contributed by atoms with E-state index in [9.17, 15) is 19.5 Å². The Bertz CT molecular complexity index is 1070. The fraction of sp³-hybridized carbons (Fsp3) is 0.480. The molecular formula is C25H27ClN2O6. The summed E-state index contributed by atoms with van der Waals surface area (Å²) >= 11 is 6.04. The zero-order valence-corrected chi connectivity index (χ0v) is 19.6. The second-order valence-electron chi connectivity index (χ2n) is 9.32. The van der Waals surface area contributed by atoms with Crippen LogP contribution >= 0.6 is 11.6 Å². The number of cyclic esters (lactones) is 1. The number of unbranched alkanes of at least 4 members (excludes halogenated alkanes) is 1. The van der Waals surface area contributed by atoms with E-state index in [-0.39, 0.29) is 38.1 Å². The fourth-order valence-corrected chi connectivity index (χ4v) is 5.97. The van der Waals surface area contributed by atoms with Gasteiger partial charge >= 0.3 is 5.97 Å². The molecule has 34 heavy (non-hydrogen) atoms. The van der Waals surface area contributed by atoms with E-state index in [2.05, 4.69) is 0 Å². The summed E-state index contributed by atoms with van der Waals surface area (Å²) in [5.41, 5.74) is -1.74. The summed E-state index contributed by atoms with van der Waals surface area (Å²) in [6.07, 6.45) is 8.12. The summed E-state index contributed by atoms with van der Waals surface area (Å²) in [6.45, 7) is 2.43. The van der Waals surface area contributed by atoms with E-state index in [1.165, 1.54) is 4.90 Å². The maximum atomic E-state index is 14.1. The SMILES string of the molecule is C[C@]12C=CCOC(=O)[C@H]1[C@H]1C(=O)N(CCCCO)C3C(=O)N(c4ccc(Cl)cc4)CC=C[C@@]31O2. The van der Waals surface area contributed by atoms with E-state index < -0.39 is 35.0 Å². The van der Waals surface area contributed by atoms with Crippen LogP contribution in [0.15, 0.2) is 48.6 Å². The number of aliphatic hydroxyl groups excluding tert-OH is 1. The first-order valence-corrected chi connectivity index (χ1v) is 11.9. The smallest absolute Gasteiger partial charge is 0.313 e. The number of carbonyl (C=O) groups excluding carboxylic acids is 3. The second-order valence-corrected chi connectivity index (χ2v) is 9.76. The summed E-state index contributed by atoms with van der Waals surface area (Å²) in [6, 6.07) is 5.99. The molecule has 0 radical (unpaired) electrons. The quantitative estimate of drug-likeness (QED) is 0.389. The van der Waals surface area contributed by atoms with Gasteiger partial charge in [-0.1, -0.05) is 29.8 Å². The van der Waals surface area contributed by atoms with Gasteiger partial charge in [0.2, 0.25) is 5.91 Å². The maximum absolute atomic E-state index is 14.1. The largest absolute Gasteiger partial charge is 0.461 e. The Morgan fingerprint density at radius 2 is 1.82 bits per heavy atom. The average molecular weight is 487 g/mol. The maximum Gasteiger partial charge on any atom is 0.313 e. The molecule has 0 saturated carbocycles. The van der Waals surface area contributed by atoms with Gasteiger partial charge in [-0.25, -0.2) is 0 Å². The molecule has 2 fully saturated rings. The van der Waals surface area contributed by atoms with Crippen molar-refractivity contribution in [2.45, 2.75) is 37.0 Å². The Kier molecular flexibility index (Phi) is 5.78. The first-order chi connectivity index (χ1) is 16.3. The first-order valence-electron chi connectivity index (χ1n) is 11.5. The predicted octanol–water partition coefficient (Wildman–Crippen LogP) is 2.10. The van der Waals surface area contributed by atoms with Crippen molar-refractivity contribution in [3.8, 4) is 0 Å². The van der Waals surface area contributed by atoms with Gasteiger partial charge in [0.05, 0.1) is 11.5 Å². The van der Waals surface area contributed by atoms with E-state index in [0.717, 1.165) is 0 Å². The molecule has 4 heterocycles. The zero-order chi connectivity index (χ0) is 24.1. The lowest BCUT2D eigenvalue weighted by molar-refractivity contribution is -0.156. The van der Waals surface area contributed by atoms with Gasteiger partial charge in [0.25, 0.3) is 5.91 Å². The van der Waals surface area contributed by atoms with Gasteiger partial charge in [0.15, 0.2) is 0 Å². The molecule has 5 rings (SSSR count). The van der Waals surface area contributed by atoms with Crippen LogP contribution in [-0.4, -0.2) is 71.3 Å². The molecule has 4 aliphatic rings. The third-order valence-electron chi connectivity index (χ3n) is 7.26. The van der Waals surface area contributed by atoms with Crippen molar-refractivity contribution in [1.29, 1.82) is 0 Å². The molecular weight excluding hydrogens is 460 g/mol. The molecule has 2 amide bonds. The molecule has 0 aromatic heterocycles. The molecule has 5 atom stereocenters. The van der Waals surface area contributed by atoms with Gasteiger partial charge in [0, 0.05) is 30.4 Å². The van der Waals surface area contributed by atoms with Crippen molar-refractivity contribution in [3.63, 3.8) is 0 Å². The third kappa shape index (κ3) is 3.39. The number of hydrogen-bond acceptors (Lipinski definition) is 6. The summed E-state index contributed by atoms with van der Waals surface area (Å²) in [5, 5.41) is 9.82. The summed E-state index contributed by atoms with van der Waals surface area (Å²) in [5.74, 6) is -2.86. The molecule has 2 saturated heterocycles. The van der Waals surface area contributed by atoms with Gasteiger partial charge in [-0.2, -0.15) is 0 Å². The van der Waals surface area contributed by atoms with Crippen LogP contribution in [0.4, 0.5) is 5.69 Å². The van der Waals surface area contributed by atoms with Gasteiger partial charge in [-0.3, -0.25) is 14.4 Å². The van der Waals surface area contributed by atoms with Crippen LogP contribution in [0.1, 0.15) is 19.8 Å². The van der Waals surface area contributed by atoms with E-state index in [0.29, 0.717) is 23.6 Å². The summed E-state index contributed by atoms with van der Waals surface area (Å²) in [7, 11) is 0. The molecule has 1 unspecified atom stereocenters. The number of carbonyl (C=O) groups is 3. The molecule has 1 N–H and O–H groups in total. The van der Waals surface area contributed by atoms with Crippen molar-refractivity contribution >= 4 is 35.1 Å². The van der Waals surface area contributed by atoms with Crippen molar-refractivity contribution in [3.05, 3.63) is 53.6 Å². The number of benzene rings is 1. The number of aliphatic hydroxyl groups is 1. The highest BCUT2D eigenvalue weighted by Crippen LogP contribution is 2.57. The number of rotatable bonds is 5. The molecule has 1 aromatic rings. The lowest BCUT2D eigenvalue weighted by Crippen LogP contribution is -2.56. The molecule has 0 bridgehead atoms. The normalized spacial score (nSPS) is 34.4. The van der Waals surface area contributed by atoms with Crippen molar-refractivity contribution in [1.82, 2.24) is 4.90 Å². The highest BCUT2D eigenvalue weighted by Gasteiger charge is 2.74. The minimum atomic E-state index is -1.31. The van der Waals surface area contributed by atoms with Crippen molar-refractivity contribution in [2.24, 2.45) is 11.8 Å². The monoisotopic (exact) mass is 486 g/mol. The lowest BCUT2D eigenvalue weighted by Gasteiger charge is -2.37. The van der Waals surface area contributed by atoms with Crippen LogP contribution in [0.25, 0.3) is 0 Å². The van der Waals surface area contributed by atoms with Crippen molar-refractivity contribution in [2.75, 3.05) is 31.2 Å². The Morgan fingerprint density at radius 3 is 2.56 bits per heavy atom. The first kappa shape index (κ1) is 23.1. The zero-order valence-electron chi connectivity index (χ0n) is 18.9. The third-order valence-corrected chi connectivity index (χ3v) is 7.51. The molecule has 180 valence electrons. The number of hydrogen-bond donors (Lipinski definition) is 1. The molecule has 4 aliphatic heterocycles. The van der Waals surface area contributed by atoms with E-state index in [4.69, 9.17) is 21.1 Å². The predicted molar refractivity (Wildman–Crippen MR) is 124 cm³/mol. The fourth-order valence-electron chi connectivity index (χ4n) is 5.84. The van der Waals surface area contributed by atoms with Gasteiger partial charge in [0.1, 0.15) is 24.2 Å². The minimum Gasteiger partial charge on any atom is -0.461 e. The van der Waals surface area contributed by atoms with Crippen LogP contribution in [0.2, 0.25) is 5.02 Å². The van der Waals surface area contributed by atoms with Gasteiger partial charge < -0.3 is 24.4 Å². The number of amides is 2. The number of anilines is 1. The molecule has 9 heteroatoms. The minimum absolute atomic E-state index is 0.0136. The summed E-state index contributed by atoms with van der Waals surface area (Å²) in [4.78, 5) is 44.1. The van der Waals surface area contributed by atoms with E-state index >= 15 is 0 Å². The molecule has 1 aromatic carbocycles. The van der Waals surface area contributed by atoms with Crippen molar-refractivity contribution < 1.29 is 29.0 Å². The van der Waals surface area contributed by atoms with E-state index in [1.807, 2.05) is 6.08 Å². The Hall–Kier alpha value is -2.68. The second kappa shape index (κ2) is 8.52. The molecule has 1 spiro atoms. The highest BCUT2D eigenvalue weighted by atomic mass is 35.5. The Labute approximate surface area is 202 Å². The summed E-state index contributed by atoms with van der Waals surface area (Å²) < 4.78 is 12.0. The number of halogens is 1. The van der Waals surface area contributed by atoms with Crippen LogP contribution in [-0.2, 0) is 23.9 Å². The standard InChI is InChI=1S/C25H27ClN2O6/c1-24-10-5-15-33-23(32)19(24)18-21(30)28(12-2-3-14-29)20-22(31)27(13-4-11-25(18,20)34-24)17-8-6-16(26)7-9-17/h4-11,18-20,29H,2-3,12-15H2,1H3/t18-,19+,20?,24-,25-/m0/s1. The number of ether oxygens (including phenoxy) is 2. The van der Waals surface area contributed by atoms with Crippen LogP contribution in [0, 0.1) is 11.8 Å². The Morgan fingerprint density at radius 1 is 1.06 bits per heavy atom. The van der Waals surface area contributed by atoms with Crippen LogP contribution < -0.4 is 4.90 Å². The van der Waals surface area contributed by atoms with Crippen LogP contribution in [0.3, 0.4) is 0 Å². The average Bonchev–Trinajstić information content (AvgIpc) is 3.05. The number of likely N-dealkylation sites (tertiary alicyclic amines) is 1. The number of nitrogens with zero attached hydrogens (tertiary/aromatic N) is 2. The highest BCUT2D eigenvalue weighted by molar-refractivity contribution is 6.30. The van der Waals surface area contributed by atoms with Crippen LogP contribution in [0.5, 0.6) is 0 Å². The van der Waals surface area contributed by atoms with Gasteiger partial charge in [-0.15, -0.1) is 0 Å². The number of esters is 1. The van der Waals surface area contributed by atoms with Gasteiger partial charge in [-0.05, 0) is 50.1 Å². The lowest BCUT2D eigenvalue weighted by atomic mass is 9.75.